The van der Waals surface area contributed by atoms with Crippen molar-refractivity contribution in [3.8, 4) is 17.3 Å². The van der Waals surface area contributed by atoms with E-state index in [4.69, 9.17) is 9.68 Å². The summed E-state index contributed by atoms with van der Waals surface area (Å²) in [5, 5.41) is 14.5. The van der Waals surface area contributed by atoms with Crippen molar-refractivity contribution in [1.29, 1.82) is 5.26 Å². The van der Waals surface area contributed by atoms with Crippen LogP contribution in [0.25, 0.3) is 11.3 Å². The Morgan fingerprint density at radius 2 is 2.16 bits per heavy atom. The molecular formula is C21H19N5O4S. The van der Waals surface area contributed by atoms with Gasteiger partial charge in [-0.2, -0.15) is 5.26 Å². The van der Waals surface area contributed by atoms with Gasteiger partial charge in [0.25, 0.3) is 5.91 Å². The third-order valence-electron chi connectivity index (χ3n) is 5.09. The van der Waals surface area contributed by atoms with Gasteiger partial charge in [0.05, 0.1) is 36.0 Å². The molecule has 3 heterocycles. The first-order chi connectivity index (χ1) is 15.0. The van der Waals surface area contributed by atoms with Gasteiger partial charge < -0.3 is 14.6 Å². The molecule has 1 saturated heterocycles. The molecule has 3 aromatic rings. The fourth-order valence-corrected chi connectivity index (χ4v) is 4.21. The van der Waals surface area contributed by atoms with Gasteiger partial charge in [0.15, 0.2) is 0 Å². The van der Waals surface area contributed by atoms with Crippen LogP contribution in [0.5, 0.6) is 0 Å². The van der Waals surface area contributed by atoms with Gasteiger partial charge in [-0.15, -0.1) is 11.3 Å². The third kappa shape index (κ3) is 4.73. The van der Waals surface area contributed by atoms with Crippen LogP contribution in [0.15, 0.2) is 45.1 Å². The van der Waals surface area contributed by atoms with E-state index < -0.39 is 11.7 Å². The van der Waals surface area contributed by atoms with E-state index in [-0.39, 0.29) is 24.1 Å². The van der Waals surface area contributed by atoms with Gasteiger partial charge in [-0.05, 0) is 25.0 Å². The molecule has 0 aliphatic carbocycles. The number of nitrogens with one attached hydrogen (secondary N) is 2. The summed E-state index contributed by atoms with van der Waals surface area (Å²) < 4.78 is 4.83. The van der Waals surface area contributed by atoms with Crippen molar-refractivity contribution in [2.75, 3.05) is 13.1 Å². The van der Waals surface area contributed by atoms with E-state index in [2.05, 4.69) is 21.4 Å². The number of nitriles is 1. The number of benzene rings is 1. The number of hydrogen-bond donors (Lipinski definition) is 2. The second-order valence-corrected chi connectivity index (χ2v) is 8.11. The Labute approximate surface area is 181 Å². The average molecular weight is 437 g/mol. The number of likely N-dealkylation sites (tertiary alicyclic amines) is 1. The van der Waals surface area contributed by atoms with Gasteiger partial charge in [-0.1, -0.05) is 12.1 Å². The van der Waals surface area contributed by atoms with Crippen LogP contribution in [0, 0.1) is 17.2 Å². The maximum atomic E-state index is 12.6. The zero-order valence-corrected chi connectivity index (χ0v) is 17.3. The number of thiazole rings is 1. The number of H-pyrrole nitrogens is 1. The summed E-state index contributed by atoms with van der Waals surface area (Å²) in [6.07, 6.45) is 2.61. The number of piperidine rings is 1. The third-order valence-corrected chi connectivity index (χ3v) is 5.94. The molecule has 0 saturated carbocycles. The highest BCUT2D eigenvalue weighted by Crippen LogP contribution is 2.23. The highest BCUT2D eigenvalue weighted by molar-refractivity contribution is 7.09. The Morgan fingerprint density at radius 1 is 1.35 bits per heavy atom. The monoisotopic (exact) mass is 437 g/mol. The van der Waals surface area contributed by atoms with Crippen molar-refractivity contribution in [3.63, 3.8) is 0 Å². The molecule has 10 heteroatoms. The molecule has 1 fully saturated rings. The molecule has 1 aromatic carbocycles. The van der Waals surface area contributed by atoms with Gasteiger partial charge in [0.1, 0.15) is 5.01 Å². The molecule has 1 atom stereocenters. The lowest BCUT2D eigenvalue weighted by Gasteiger charge is -2.31. The Kier molecular flexibility index (Phi) is 5.95. The van der Waals surface area contributed by atoms with E-state index in [1.165, 1.54) is 22.4 Å². The zero-order valence-electron chi connectivity index (χ0n) is 16.5. The van der Waals surface area contributed by atoms with E-state index in [0.717, 1.165) is 16.3 Å². The second-order valence-electron chi connectivity index (χ2n) is 7.17. The number of carbonyl (C=O) groups is 2. The molecule has 0 radical (unpaired) electrons. The van der Waals surface area contributed by atoms with Gasteiger partial charge in [-0.25, -0.2) is 9.78 Å². The predicted molar refractivity (Wildman–Crippen MR) is 112 cm³/mol. The first-order valence-corrected chi connectivity index (χ1v) is 10.6. The van der Waals surface area contributed by atoms with Crippen molar-refractivity contribution in [2.24, 2.45) is 5.92 Å². The molecule has 2 aromatic heterocycles. The fourth-order valence-electron chi connectivity index (χ4n) is 3.47. The van der Waals surface area contributed by atoms with E-state index in [1.54, 1.807) is 12.1 Å². The standard InChI is InChI=1S/C21H19N5O4S/c22-8-13-3-5-14(6-4-13)16-12-31-18(25-16)10-23-19(27)15-2-1-7-26(11-15)20(28)17-9-24-21(29)30-17/h3-6,9,12,15H,1-2,7,10-11H2,(H,23,27)(H,24,29)/t15-/m0/s1. The molecule has 1 aliphatic rings. The van der Waals surface area contributed by atoms with Crippen LogP contribution in [-0.2, 0) is 11.3 Å². The number of amides is 2. The van der Waals surface area contributed by atoms with Crippen LogP contribution >= 0.6 is 11.3 Å². The minimum absolute atomic E-state index is 0.0517. The van der Waals surface area contributed by atoms with Crippen molar-refractivity contribution in [1.82, 2.24) is 20.2 Å². The number of oxazole rings is 1. The Morgan fingerprint density at radius 3 is 2.87 bits per heavy atom. The summed E-state index contributed by atoms with van der Waals surface area (Å²) in [5.41, 5.74) is 2.29. The lowest BCUT2D eigenvalue weighted by Crippen LogP contribution is -2.45. The summed E-state index contributed by atoms with van der Waals surface area (Å²) in [4.78, 5) is 44.6. The van der Waals surface area contributed by atoms with Crippen LogP contribution in [0.1, 0.15) is 34.0 Å². The molecule has 9 nitrogen and oxygen atoms in total. The van der Waals surface area contributed by atoms with Crippen LogP contribution in [0.3, 0.4) is 0 Å². The number of aromatic amines is 1. The Hall–Kier alpha value is -3.71. The Balaban J connectivity index is 1.33. The summed E-state index contributed by atoms with van der Waals surface area (Å²) in [7, 11) is 0. The average Bonchev–Trinajstić information content (AvgIpc) is 3.46. The van der Waals surface area contributed by atoms with Gasteiger partial charge in [-0.3, -0.25) is 14.6 Å². The molecule has 0 unspecified atom stereocenters. The minimum atomic E-state index is -0.682. The largest absolute Gasteiger partial charge is 0.416 e. The van der Waals surface area contributed by atoms with E-state index >= 15 is 0 Å². The van der Waals surface area contributed by atoms with Gasteiger partial charge in [0.2, 0.25) is 11.7 Å². The number of aromatic nitrogens is 2. The van der Waals surface area contributed by atoms with E-state index in [0.29, 0.717) is 31.5 Å². The summed E-state index contributed by atoms with van der Waals surface area (Å²) in [5.74, 6) is -1.60. The fraction of sp³-hybridized carbons (Fsp3) is 0.286. The number of nitrogens with zero attached hydrogens (tertiary/aromatic N) is 3. The van der Waals surface area contributed by atoms with Crippen molar-refractivity contribution < 1.29 is 14.0 Å². The Bertz CT molecular complexity index is 1190. The topological polar surface area (TPSA) is 132 Å². The lowest BCUT2D eigenvalue weighted by atomic mass is 9.97. The number of rotatable bonds is 5. The minimum Gasteiger partial charge on any atom is -0.403 e. The van der Waals surface area contributed by atoms with Crippen LogP contribution in [0.2, 0.25) is 0 Å². The first-order valence-electron chi connectivity index (χ1n) is 9.74. The maximum Gasteiger partial charge on any atom is 0.416 e. The summed E-state index contributed by atoms with van der Waals surface area (Å²) >= 11 is 1.45. The normalized spacial score (nSPS) is 16.0. The van der Waals surface area contributed by atoms with Crippen molar-refractivity contribution in [3.05, 3.63) is 62.7 Å². The molecule has 0 bridgehead atoms. The number of hydrogen-bond acceptors (Lipinski definition) is 7. The summed E-state index contributed by atoms with van der Waals surface area (Å²) in [6.45, 7) is 1.09. The first kappa shape index (κ1) is 20.6. The highest BCUT2D eigenvalue weighted by Gasteiger charge is 2.30. The molecule has 2 N–H and O–H groups in total. The van der Waals surface area contributed by atoms with Crippen molar-refractivity contribution in [2.45, 2.75) is 19.4 Å². The number of carbonyl (C=O) groups excluding carboxylic acids is 2. The maximum absolute atomic E-state index is 12.6. The predicted octanol–water partition coefficient (Wildman–Crippen LogP) is 2.13. The molecule has 4 rings (SSSR count). The van der Waals surface area contributed by atoms with Gasteiger partial charge >= 0.3 is 5.76 Å². The van der Waals surface area contributed by atoms with Crippen LogP contribution in [0.4, 0.5) is 0 Å². The molecule has 1 aliphatic heterocycles. The highest BCUT2D eigenvalue weighted by atomic mass is 32.1. The van der Waals surface area contributed by atoms with Crippen molar-refractivity contribution >= 4 is 23.2 Å². The zero-order chi connectivity index (χ0) is 21.8. The molecule has 158 valence electrons. The molecule has 2 amide bonds. The van der Waals surface area contributed by atoms with E-state index in [1.807, 2.05) is 17.5 Å². The lowest BCUT2D eigenvalue weighted by molar-refractivity contribution is -0.126. The van der Waals surface area contributed by atoms with Crippen LogP contribution in [-0.4, -0.2) is 39.8 Å². The van der Waals surface area contributed by atoms with Gasteiger partial charge in [0, 0.05) is 24.0 Å². The van der Waals surface area contributed by atoms with E-state index in [9.17, 15) is 14.4 Å². The molecular weight excluding hydrogens is 418 g/mol. The summed E-state index contributed by atoms with van der Waals surface area (Å²) in [6, 6.07) is 9.25. The smallest absolute Gasteiger partial charge is 0.403 e. The second kappa shape index (κ2) is 8.97. The molecule has 0 spiro atoms. The molecule has 31 heavy (non-hydrogen) atoms. The van der Waals surface area contributed by atoms with Crippen LogP contribution < -0.4 is 11.1 Å². The quantitative estimate of drug-likeness (QED) is 0.628. The SMILES string of the molecule is N#Cc1ccc(-c2csc(CNC(=O)[C@H]3CCCN(C(=O)c4c[nH]c(=O)o4)C3)n2)cc1.